The minimum atomic E-state index is -3.54. The van der Waals surface area contributed by atoms with E-state index < -0.39 is 10.0 Å². The Morgan fingerprint density at radius 2 is 1.79 bits per heavy atom. The van der Waals surface area contributed by atoms with E-state index in [0.29, 0.717) is 29.4 Å². The smallest absolute Gasteiger partial charge is 0.255 e. The van der Waals surface area contributed by atoms with Crippen LogP contribution in [0.2, 0.25) is 0 Å². The van der Waals surface area contributed by atoms with Gasteiger partial charge in [0.1, 0.15) is 0 Å². The molecule has 1 N–H and O–H groups in total. The predicted octanol–water partition coefficient (Wildman–Crippen LogP) is 2.47. The first-order valence-corrected chi connectivity index (χ1v) is 9.92. The zero-order valence-corrected chi connectivity index (χ0v) is 16.5. The lowest BCUT2D eigenvalue weighted by atomic mass is 10.1. The fourth-order valence-electron chi connectivity index (χ4n) is 2.55. The maximum absolute atomic E-state index is 12.6. The maximum atomic E-state index is 12.6. The molecule has 0 fully saturated rings. The van der Waals surface area contributed by atoms with Crippen molar-refractivity contribution >= 4 is 21.6 Å². The van der Waals surface area contributed by atoms with Crippen LogP contribution < -0.4 is 5.32 Å². The molecule has 0 radical (unpaired) electrons. The molecule has 0 saturated carbocycles. The van der Waals surface area contributed by atoms with Crippen LogP contribution >= 0.6 is 0 Å². The summed E-state index contributed by atoms with van der Waals surface area (Å²) in [5.74, 6) is 0.657. The third-order valence-corrected chi connectivity index (χ3v) is 5.90. The number of anilines is 1. The average molecular weight is 400 g/mol. The quantitative estimate of drug-likeness (QED) is 0.681. The van der Waals surface area contributed by atoms with E-state index in [0.717, 1.165) is 9.87 Å². The van der Waals surface area contributed by atoms with Crippen LogP contribution in [0.15, 0.2) is 57.9 Å². The standard InChI is InChI=1S/C19H20N4O4S/c1-13-20-18(27-22-13)12-15-6-4-5-7-17(15)21-19(24)14-8-10-16(11-9-14)28(25,26)23(2)3/h4-11H,12H2,1-3H3,(H,21,24). The summed E-state index contributed by atoms with van der Waals surface area (Å²) in [5.41, 5.74) is 1.79. The van der Waals surface area contributed by atoms with Gasteiger partial charge in [0.15, 0.2) is 5.82 Å². The summed E-state index contributed by atoms with van der Waals surface area (Å²) in [6, 6.07) is 13.1. The van der Waals surface area contributed by atoms with Crippen LogP contribution in [0.3, 0.4) is 0 Å². The van der Waals surface area contributed by atoms with Gasteiger partial charge >= 0.3 is 0 Å². The van der Waals surface area contributed by atoms with E-state index in [2.05, 4.69) is 15.5 Å². The summed E-state index contributed by atoms with van der Waals surface area (Å²) < 4.78 is 30.5. The Bertz CT molecular complexity index is 1090. The van der Waals surface area contributed by atoms with Crippen molar-refractivity contribution in [3.05, 3.63) is 71.4 Å². The predicted molar refractivity (Wildman–Crippen MR) is 104 cm³/mol. The number of aryl methyl sites for hydroxylation is 1. The molecule has 1 heterocycles. The van der Waals surface area contributed by atoms with Gasteiger partial charge in [0, 0.05) is 25.3 Å². The Balaban J connectivity index is 1.78. The summed E-state index contributed by atoms with van der Waals surface area (Å²) in [4.78, 5) is 16.9. The topological polar surface area (TPSA) is 105 Å². The van der Waals surface area contributed by atoms with E-state index in [9.17, 15) is 13.2 Å². The Labute approximate surface area is 163 Å². The fraction of sp³-hybridized carbons (Fsp3) is 0.211. The highest BCUT2D eigenvalue weighted by Gasteiger charge is 2.18. The van der Waals surface area contributed by atoms with Crippen LogP contribution in [-0.2, 0) is 16.4 Å². The van der Waals surface area contributed by atoms with Crippen LogP contribution in [-0.4, -0.2) is 42.9 Å². The van der Waals surface area contributed by atoms with Crippen molar-refractivity contribution in [2.75, 3.05) is 19.4 Å². The lowest BCUT2D eigenvalue weighted by molar-refractivity contribution is 0.102. The zero-order chi connectivity index (χ0) is 20.3. The number of hydrogen-bond acceptors (Lipinski definition) is 6. The van der Waals surface area contributed by atoms with Crippen LogP contribution in [0.1, 0.15) is 27.6 Å². The van der Waals surface area contributed by atoms with Crippen molar-refractivity contribution in [3.8, 4) is 0 Å². The molecule has 2 aromatic carbocycles. The third-order valence-electron chi connectivity index (χ3n) is 4.07. The molecule has 3 aromatic rings. The van der Waals surface area contributed by atoms with Crippen molar-refractivity contribution < 1.29 is 17.7 Å². The summed E-state index contributed by atoms with van der Waals surface area (Å²) in [7, 11) is -0.627. The van der Waals surface area contributed by atoms with Gasteiger partial charge in [-0.3, -0.25) is 4.79 Å². The number of rotatable bonds is 6. The Hall–Kier alpha value is -3.04. The van der Waals surface area contributed by atoms with Crippen LogP contribution in [0.25, 0.3) is 0 Å². The summed E-state index contributed by atoms with van der Waals surface area (Å²) >= 11 is 0. The van der Waals surface area contributed by atoms with Gasteiger partial charge in [-0.2, -0.15) is 4.98 Å². The maximum Gasteiger partial charge on any atom is 0.255 e. The van der Waals surface area contributed by atoms with Gasteiger partial charge in [-0.1, -0.05) is 23.4 Å². The van der Waals surface area contributed by atoms with Gasteiger partial charge < -0.3 is 9.84 Å². The number of hydrogen-bond donors (Lipinski definition) is 1. The highest BCUT2D eigenvalue weighted by molar-refractivity contribution is 7.89. The summed E-state index contributed by atoms with van der Waals surface area (Å²) in [6.45, 7) is 1.74. The fourth-order valence-corrected chi connectivity index (χ4v) is 3.46. The molecule has 8 nitrogen and oxygen atoms in total. The molecule has 0 aliphatic rings. The van der Waals surface area contributed by atoms with E-state index in [1.54, 1.807) is 13.0 Å². The Morgan fingerprint density at radius 3 is 2.39 bits per heavy atom. The van der Waals surface area contributed by atoms with E-state index >= 15 is 0 Å². The van der Waals surface area contributed by atoms with E-state index in [1.807, 2.05) is 18.2 Å². The van der Waals surface area contributed by atoms with Gasteiger partial charge in [0.05, 0.1) is 11.3 Å². The molecule has 0 atom stereocenters. The second-order valence-corrected chi connectivity index (χ2v) is 8.49. The molecule has 146 valence electrons. The minimum absolute atomic E-state index is 0.126. The van der Waals surface area contributed by atoms with Crippen LogP contribution in [0, 0.1) is 6.92 Å². The van der Waals surface area contributed by atoms with E-state index in [-0.39, 0.29) is 10.8 Å². The average Bonchev–Trinajstić information content (AvgIpc) is 3.08. The molecular weight excluding hydrogens is 380 g/mol. The SMILES string of the molecule is Cc1noc(Cc2ccccc2NC(=O)c2ccc(S(=O)(=O)N(C)C)cc2)n1. The third kappa shape index (κ3) is 4.26. The first-order valence-electron chi connectivity index (χ1n) is 8.48. The summed E-state index contributed by atoms with van der Waals surface area (Å²) in [6.07, 6.45) is 0.386. The van der Waals surface area contributed by atoms with Crippen LogP contribution in [0.4, 0.5) is 5.69 Å². The number of sulfonamides is 1. The molecule has 3 rings (SSSR count). The van der Waals surface area contributed by atoms with E-state index in [4.69, 9.17) is 4.52 Å². The van der Waals surface area contributed by atoms with Gasteiger partial charge in [0.25, 0.3) is 5.91 Å². The van der Waals surface area contributed by atoms with Crippen molar-refractivity contribution in [1.29, 1.82) is 0 Å². The molecule has 0 aliphatic carbocycles. The number of carbonyl (C=O) groups excluding carboxylic acids is 1. The summed E-state index contributed by atoms with van der Waals surface area (Å²) in [5, 5.41) is 6.61. The van der Waals surface area contributed by atoms with Crippen molar-refractivity contribution in [2.45, 2.75) is 18.2 Å². The first-order chi connectivity index (χ1) is 13.3. The molecule has 1 aromatic heterocycles. The molecule has 0 saturated heterocycles. The first kappa shape index (κ1) is 19.7. The lowest BCUT2D eigenvalue weighted by Crippen LogP contribution is -2.22. The van der Waals surface area contributed by atoms with Crippen molar-refractivity contribution in [3.63, 3.8) is 0 Å². The largest absolute Gasteiger partial charge is 0.339 e. The van der Waals surface area contributed by atoms with Gasteiger partial charge in [0.2, 0.25) is 15.9 Å². The van der Waals surface area contributed by atoms with Gasteiger partial charge in [-0.15, -0.1) is 0 Å². The number of nitrogens with zero attached hydrogens (tertiary/aromatic N) is 3. The number of nitrogens with one attached hydrogen (secondary N) is 1. The number of benzene rings is 2. The van der Waals surface area contributed by atoms with Crippen molar-refractivity contribution in [1.82, 2.24) is 14.4 Å². The molecule has 0 aliphatic heterocycles. The number of amides is 1. The Kier molecular flexibility index (Phi) is 5.57. The van der Waals surface area contributed by atoms with E-state index in [1.165, 1.54) is 38.4 Å². The molecule has 0 unspecified atom stereocenters. The molecule has 28 heavy (non-hydrogen) atoms. The van der Waals surface area contributed by atoms with Gasteiger partial charge in [-0.05, 0) is 42.8 Å². The zero-order valence-electron chi connectivity index (χ0n) is 15.7. The van der Waals surface area contributed by atoms with Crippen molar-refractivity contribution in [2.24, 2.45) is 0 Å². The molecule has 0 spiro atoms. The number of carbonyl (C=O) groups is 1. The van der Waals surface area contributed by atoms with Crippen LogP contribution in [0.5, 0.6) is 0 Å². The second-order valence-electron chi connectivity index (χ2n) is 6.34. The highest BCUT2D eigenvalue weighted by atomic mass is 32.2. The molecule has 9 heteroatoms. The second kappa shape index (κ2) is 7.91. The molecular formula is C19H20N4O4S. The Morgan fingerprint density at radius 1 is 1.11 bits per heavy atom. The highest BCUT2D eigenvalue weighted by Crippen LogP contribution is 2.20. The van der Waals surface area contributed by atoms with Gasteiger partial charge in [-0.25, -0.2) is 12.7 Å². The normalized spacial score (nSPS) is 11.6. The number of para-hydroxylation sites is 1. The minimum Gasteiger partial charge on any atom is -0.339 e. The number of aromatic nitrogens is 2. The lowest BCUT2D eigenvalue weighted by Gasteiger charge is -2.12. The monoisotopic (exact) mass is 400 g/mol. The molecule has 1 amide bonds. The molecule has 0 bridgehead atoms.